The van der Waals surface area contributed by atoms with Crippen LogP contribution in [0.15, 0.2) is 53.7 Å². The number of hydrogen-bond acceptors (Lipinski definition) is 5. The monoisotopic (exact) mass is 542 g/mol. The van der Waals surface area contributed by atoms with E-state index in [0.717, 1.165) is 66.5 Å². The van der Waals surface area contributed by atoms with Gasteiger partial charge in [0.2, 0.25) is 11.8 Å². The highest BCUT2D eigenvalue weighted by atomic mass is 16.5. The van der Waals surface area contributed by atoms with Gasteiger partial charge in [-0.2, -0.15) is 5.10 Å². The van der Waals surface area contributed by atoms with Gasteiger partial charge in [0.1, 0.15) is 5.75 Å². The van der Waals surface area contributed by atoms with Gasteiger partial charge in [-0.15, -0.1) is 0 Å². The number of nitrogens with one attached hydrogen (secondary N) is 1. The summed E-state index contributed by atoms with van der Waals surface area (Å²) in [5.74, 6) is -0.114. The number of methoxy groups -OCH3 is 1. The van der Waals surface area contributed by atoms with Crippen molar-refractivity contribution in [1.29, 1.82) is 0 Å². The first-order valence-corrected chi connectivity index (χ1v) is 14.3. The third-order valence-electron chi connectivity index (χ3n) is 8.41. The molecule has 0 saturated heterocycles. The number of fused-ring (bicyclic) bond motifs is 1. The molecular formula is C32H38N4O4. The molecule has 0 bridgehead atoms. The minimum Gasteiger partial charge on any atom is -0.496 e. The van der Waals surface area contributed by atoms with Crippen LogP contribution >= 0.6 is 0 Å². The zero-order chi connectivity index (χ0) is 28.2. The van der Waals surface area contributed by atoms with E-state index in [9.17, 15) is 14.4 Å². The lowest BCUT2D eigenvalue weighted by molar-refractivity contribution is -0.140. The highest BCUT2D eigenvalue weighted by Gasteiger charge is 2.42. The lowest BCUT2D eigenvalue weighted by atomic mass is 9.76. The highest BCUT2D eigenvalue weighted by Crippen LogP contribution is 2.39. The first-order chi connectivity index (χ1) is 19.4. The number of allylic oxidation sites excluding steroid dienone is 2. The van der Waals surface area contributed by atoms with E-state index in [2.05, 4.69) is 23.5 Å². The predicted octanol–water partition coefficient (Wildman–Crippen LogP) is 4.74. The van der Waals surface area contributed by atoms with Crippen LogP contribution in [-0.2, 0) is 9.59 Å². The smallest absolute Gasteiger partial charge is 0.251 e. The average Bonchev–Trinajstić information content (AvgIpc) is 3.25. The molecule has 2 atom stereocenters. The summed E-state index contributed by atoms with van der Waals surface area (Å²) in [5, 5.41) is 9.47. The second-order valence-electron chi connectivity index (χ2n) is 11.1. The Kier molecular flexibility index (Phi) is 8.33. The molecule has 0 radical (unpaired) electrons. The number of nitrogens with two attached hydrogens (primary N) is 1. The molecule has 0 spiro atoms. The number of carbonyl (C=O) groups is 3. The Labute approximate surface area is 235 Å². The lowest BCUT2D eigenvalue weighted by Gasteiger charge is -2.40. The van der Waals surface area contributed by atoms with Gasteiger partial charge in [0.15, 0.2) is 0 Å². The Balaban J connectivity index is 1.52. The molecule has 8 heteroatoms. The summed E-state index contributed by atoms with van der Waals surface area (Å²) in [4.78, 5) is 37.3. The maximum absolute atomic E-state index is 13.7. The van der Waals surface area contributed by atoms with Crippen molar-refractivity contribution < 1.29 is 19.1 Å². The highest BCUT2D eigenvalue weighted by molar-refractivity contribution is 6.08. The van der Waals surface area contributed by atoms with E-state index in [0.29, 0.717) is 11.3 Å². The SMILES string of the molecule is COc1ccc(C2=NN(C3CCCCCC3)C(=O)[C@@H]3CC=CC[C@H]23)cc1-c1ccc(C(=O)NCC(N)=O)c(C)c1. The van der Waals surface area contributed by atoms with Crippen LogP contribution in [0, 0.1) is 18.8 Å². The number of hydrogen-bond donors (Lipinski definition) is 2. The average molecular weight is 543 g/mol. The number of nitrogens with zero attached hydrogens (tertiary/aromatic N) is 2. The molecule has 2 aliphatic carbocycles. The summed E-state index contributed by atoms with van der Waals surface area (Å²) < 4.78 is 5.73. The van der Waals surface area contributed by atoms with Gasteiger partial charge in [0, 0.05) is 17.0 Å². The Hall–Kier alpha value is -3.94. The minimum atomic E-state index is -0.593. The van der Waals surface area contributed by atoms with Crippen molar-refractivity contribution >= 4 is 23.4 Å². The summed E-state index contributed by atoms with van der Waals surface area (Å²) in [5.41, 5.74) is 10.1. The van der Waals surface area contributed by atoms with Gasteiger partial charge < -0.3 is 15.8 Å². The summed E-state index contributed by atoms with van der Waals surface area (Å²) >= 11 is 0. The topological polar surface area (TPSA) is 114 Å². The van der Waals surface area contributed by atoms with Gasteiger partial charge in [-0.05, 0) is 73.6 Å². The molecule has 2 aromatic carbocycles. The van der Waals surface area contributed by atoms with Gasteiger partial charge >= 0.3 is 0 Å². The Bertz CT molecular complexity index is 1360. The molecule has 40 heavy (non-hydrogen) atoms. The van der Waals surface area contributed by atoms with E-state index in [1.807, 2.05) is 36.2 Å². The van der Waals surface area contributed by atoms with Gasteiger partial charge in [-0.25, -0.2) is 5.01 Å². The number of ether oxygens (including phenoxy) is 1. The summed E-state index contributed by atoms with van der Waals surface area (Å²) in [6.45, 7) is 1.65. The molecule has 3 N–H and O–H groups in total. The molecule has 0 unspecified atom stereocenters. The van der Waals surface area contributed by atoms with Crippen LogP contribution in [0.25, 0.3) is 11.1 Å². The summed E-state index contributed by atoms with van der Waals surface area (Å²) in [7, 11) is 1.64. The van der Waals surface area contributed by atoms with Crippen molar-refractivity contribution in [1.82, 2.24) is 10.3 Å². The number of rotatable bonds is 7. The third kappa shape index (κ3) is 5.67. The second kappa shape index (κ2) is 12.1. The van der Waals surface area contributed by atoms with Crippen molar-refractivity contribution in [3.8, 4) is 16.9 Å². The first-order valence-electron chi connectivity index (χ1n) is 14.3. The Morgan fingerprint density at radius 3 is 2.38 bits per heavy atom. The van der Waals surface area contributed by atoms with E-state index < -0.39 is 5.91 Å². The van der Waals surface area contributed by atoms with Gasteiger partial charge in [-0.1, -0.05) is 50.0 Å². The fourth-order valence-electron chi connectivity index (χ4n) is 6.28. The Morgan fingerprint density at radius 2 is 1.70 bits per heavy atom. The number of carbonyl (C=O) groups excluding carboxylic acids is 3. The maximum Gasteiger partial charge on any atom is 0.251 e. The fourth-order valence-corrected chi connectivity index (χ4v) is 6.28. The maximum atomic E-state index is 13.7. The van der Waals surface area contributed by atoms with Crippen LogP contribution in [-0.4, -0.2) is 48.1 Å². The quantitative estimate of drug-likeness (QED) is 0.389. The molecule has 1 aliphatic heterocycles. The molecule has 5 rings (SSSR count). The van der Waals surface area contributed by atoms with Crippen molar-refractivity contribution in [2.45, 2.75) is 64.3 Å². The largest absolute Gasteiger partial charge is 0.496 e. The number of hydrazone groups is 1. The van der Waals surface area contributed by atoms with Crippen molar-refractivity contribution in [2.24, 2.45) is 22.7 Å². The van der Waals surface area contributed by atoms with Crippen LogP contribution in [0.5, 0.6) is 5.75 Å². The van der Waals surface area contributed by atoms with E-state index in [-0.39, 0.29) is 36.2 Å². The molecule has 0 aromatic heterocycles. The zero-order valence-corrected chi connectivity index (χ0v) is 23.3. The van der Waals surface area contributed by atoms with Crippen molar-refractivity contribution in [3.05, 3.63) is 65.2 Å². The normalized spacial score (nSPS) is 21.3. The molecule has 1 fully saturated rings. The predicted molar refractivity (Wildman–Crippen MR) is 155 cm³/mol. The molecule has 3 aliphatic rings. The molecular weight excluding hydrogens is 504 g/mol. The number of benzene rings is 2. The van der Waals surface area contributed by atoms with E-state index >= 15 is 0 Å². The lowest BCUT2D eigenvalue weighted by Crippen LogP contribution is -2.49. The van der Waals surface area contributed by atoms with Crippen molar-refractivity contribution in [2.75, 3.05) is 13.7 Å². The van der Waals surface area contributed by atoms with Crippen LogP contribution < -0.4 is 15.8 Å². The van der Waals surface area contributed by atoms with E-state index in [1.165, 1.54) is 12.8 Å². The number of primary amides is 1. The van der Waals surface area contributed by atoms with E-state index in [4.69, 9.17) is 15.6 Å². The van der Waals surface area contributed by atoms with Gasteiger partial charge in [0.25, 0.3) is 5.91 Å². The standard InChI is InChI=1S/C32H38N4O4/c1-20-17-21(13-15-24(20)31(38)34-19-29(33)37)27-18-22(14-16-28(27)40-2)30-25-11-7-8-12-26(25)32(39)36(35-30)23-9-5-3-4-6-10-23/h7-8,13-18,23,25-26H,3-6,9-12,19H2,1-2H3,(H2,33,37)(H,34,38)/t25-,26+/m0/s1. The minimum absolute atomic E-state index is 0.0406. The van der Waals surface area contributed by atoms with Crippen LogP contribution in [0.4, 0.5) is 0 Å². The molecule has 3 amide bonds. The van der Waals surface area contributed by atoms with Gasteiger partial charge in [-0.3, -0.25) is 14.4 Å². The van der Waals surface area contributed by atoms with E-state index in [1.54, 1.807) is 13.2 Å². The van der Waals surface area contributed by atoms with Crippen LogP contribution in [0.3, 0.4) is 0 Å². The molecule has 1 heterocycles. The van der Waals surface area contributed by atoms with Gasteiger partial charge in [0.05, 0.1) is 31.3 Å². The summed E-state index contributed by atoms with van der Waals surface area (Å²) in [6.07, 6.45) is 12.6. The van der Waals surface area contributed by atoms with Crippen LogP contribution in [0.2, 0.25) is 0 Å². The fraction of sp³-hybridized carbons (Fsp3) is 0.438. The third-order valence-corrected chi connectivity index (χ3v) is 8.41. The molecule has 210 valence electrons. The second-order valence-corrected chi connectivity index (χ2v) is 11.1. The molecule has 2 aromatic rings. The number of amides is 3. The zero-order valence-electron chi connectivity index (χ0n) is 23.3. The first kappa shape index (κ1) is 27.6. The Morgan fingerprint density at radius 1 is 1.00 bits per heavy atom. The number of aryl methyl sites for hydroxylation is 1. The van der Waals surface area contributed by atoms with Crippen LogP contribution in [0.1, 0.15) is 72.9 Å². The molecule has 1 saturated carbocycles. The van der Waals surface area contributed by atoms with Crippen molar-refractivity contribution in [3.63, 3.8) is 0 Å². The summed E-state index contributed by atoms with van der Waals surface area (Å²) in [6, 6.07) is 11.8. The molecule has 8 nitrogen and oxygen atoms in total.